The average Bonchev–Trinajstić information content (AvgIpc) is 3.17. The van der Waals surface area contributed by atoms with E-state index in [4.69, 9.17) is 14.2 Å². The smallest absolute Gasteiger partial charge is 0.306 e. The van der Waals surface area contributed by atoms with Gasteiger partial charge in [0.15, 0.2) is 6.10 Å². The molecule has 6 heteroatoms. The van der Waals surface area contributed by atoms with Gasteiger partial charge in [0.05, 0.1) is 0 Å². The number of allylic oxidation sites excluding steroid dienone is 4. The summed E-state index contributed by atoms with van der Waals surface area (Å²) in [4.78, 5) is 37.7. The van der Waals surface area contributed by atoms with Gasteiger partial charge >= 0.3 is 17.9 Å². The molecule has 0 fully saturated rings. The number of hydrogen-bond acceptors (Lipinski definition) is 6. The Kier molecular flexibility index (Phi) is 41.9. The molecular weight excluding hydrogens is 673 g/mol. The van der Waals surface area contributed by atoms with Crippen LogP contribution in [-0.4, -0.2) is 37.2 Å². The van der Waals surface area contributed by atoms with Gasteiger partial charge in [-0.1, -0.05) is 186 Å². The Morgan fingerprint density at radius 3 is 1.02 bits per heavy atom. The van der Waals surface area contributed by atoms with Crippen LogP contribution in [0.3, 0.4) is 0 Å². The van der Waals surface area contributed by atoms with Crippen molar-refractivity contribution in [1.82, 2.24) is 0 Å². The van der Waals surface area contributed by atoms with E-state index >= 15 is 0 Å². The fraction of sp³-hybridized carbons (Fsp3) is 0.854. The molecule has 0 spiro atoms. The molecule has 0 bridgehead atoms. The summed E-state index contributed by atoms with van der Waals surface area (Å²) in [5, 5.41) is 0. The summed E-state index contributed by atoms with van der Waals surface area (Å²) in [6.07, 6.45) is 47.2. The zero-order valence-corrected chi connectivity index (χ0v) is 36.0. The Labute approximate surface area is 334 Å². The van der Waals surface area contributed by atoms with Gasteiger partial charge in [-0.05, 0) is 64.2 Å². The van der Waals surface area contributed by atoms with Gasteiger partial charge in [0, 0.05) is 19.3 Å². The summed E-state index contributed by atoms with van der Waals surface area (Å²) >= 11 is 0. The molecule has 0 N–H and O–H groups in total. The SMILES string of the molecule is CCCC/C=C\CCCCCCCC(=O)OCC(COC(=O)CCCCCCCCCCCCCCC)OC(=O)CCCCCCC/C=C\CCCCC. The van der Waals surface area contributed by atoms with Crippen LogP contribution < -0.4 is 0 Å². The molecule has 0 aromatic carbocycles. The van der Waals surface area contributed by atoms with Gasteiger partial charge in [0.2, 0.25) is 0 Å². The number of ether oxygens (including phenoxy) is 3. The fourth-order valence-corrected chi connectivity index (χ4v) is 6.59. The van der Waals surface area contributed by atoms with E-state index in [1.807, 2.05) is 0 Å². The largest absolute Gasteiger partial charge is 0.462 e. The highest BCUT2D eigenvalue weighted by molar-refractivity contribution is 5.71. The standard InChI is InChI=1S/C48H88O6/c1-4-7-10-13-16-19-22-24-27-29-32-35-38-41-47(50)53-44-45(43-52-46(49)40-37-34-31-28-25-21-18-15-12-9-6-3)54-48(51)42-39-36-33-30-26-23-20-17-14-11-8-5-2/h15,17-18,20,45H,4-14,16,19,21-44H2,1-3H3/b18-15-,20-17-. The van der Waals surface area contributed by atoms with Gasteiger partial charge in [0.25, 0.3) is 0 Å². The van der Waals surface area contributed by atoms with E-state index in [9.17, 15) is 14.4 Å². The van der Waals surface area contributed by atoms with Gasteiger partial charge in [-0.25, -0.2) is 0 Å². The molecule has 316 valence electrons. The normalized spacial score (nSPS) is 12.1. The number of carbonyl (C=O) groups excluding carboxylic acids is 3. The fourth-order valence-electron chi connectivity index (χ4n) is 6.59. The highest BCUT2D eigenvalue weighted by Crippen LogP contribution is 2.15. The summed E-state index contributed by atoms with van der Waals surface area (Å²) in [6.45, 7) is 6.56. The van der Waals surface area contributed by atoms with Crippen LogP contribution in [-0.2, 0) is 28.6 Å². The molecule has 0 rings (SSSR count). The summed E-state index contributed by atoms with van der Waals surface area (Å²) in [5.74, 6) is -0.888. The lowest BCUT2D eigenvalue weighted by Gasteiger charge is -2.18. The van der Waals surface area contributed by atoms with Crippen LogP contribution in [0, 0.1) is 0 Å². The van der Waals surface area contributed by atoms with E-state index in [2.05, 4.69) is 45.1 Å². The Hall–Kier alpha value is -2.11. The Bertz CT molecular complexity index is 880. The maximum Gasteiger partial charge on any atom is 0.306 e. The number of carbonyl (C=O) groups is 3. The lowest BCUT2D eigenvalue weighted by molar-refractivity contribution is -0.167. The molecule has 1 atom stereocenters. The second-order valence-electron chi connectivity index (χ2n) is 15.7. The third kappa shape index (κ3) is 41.1. The van der Waals surface area contributed by atoms with Crippen LogP contribution in [0.2, 0.25) is 0 Å². The number of rotatable bonds is 42. The van der Waals surface area contributed by atoms with Crippen molar-refractivity contribution < 1.29 is 28.6 Å². The van der Waals surface area contributed by atoms with Gasteiger partial charge < -0.3 is 14.2 Å². The maximum absolute atomic E-state index is 12.7. The summed E-state index contributed by atoms with van der Waals surface area (Å²) in [5.41, 5.74) is 0. The van der Waals surface area contributed by atoms with Gasteiger partial charge in [0.1, 0.15) is 13.2 Å². The molecule has 6 nitrogen and oxygen atoms in total. The highest BCUT2D eigenvalue weighted by atomic mass is 16.6. The highest BCUT2D eigenvalue weighted by Gasteiger charge is 2.19. The predicted octanol–water partition coefficient (Wildman–Crippen LogP) is 14.8. The van der Waals surface area contributed by atoms with Gasteiger partial charge in [-0.3, -0.25) is 14.4 Å². The molecule has 0 aromatic heterocycles. The topological polar surface area (TPSA) is 78.9 Å². The van der Waals surface area contributed by atoms with Crippen LogP contribution in [0.25, 0.3) is 0 Å². The molecule has 0 amide bonds. The van der Waals surface area contributed by atoms with E-state index in [0.717, 1.165) is 70.6 Å². The van der Waals surface area contributed by atoms with Crippen LogP contribution in [0.5, 0.6) is 0 Å². The van der Waals surface area contributed by atoms with Gasteiger partial charge in [-0.2, -0.15) is 0 Å². The summed E-state index contributed by atoms with van der Waals surface area (Å²) < 4.78 is 16.7. The number of hydrogen-bond donors (Lipinski definition) is 0. The first kappa shape index (κ1) is 51.9. The Morgan fingerprint density at radius 1 is 0.352 bits per heavy atom. The molecule has 0 aliphatic heterocycles. The van der Waals surface area contributed by atoms with Crippen LogP contribution in [0.15, 0.2) is 24.3 Å². The molecule has 0 aromatic rings. The monoisotopic (exact) mass is 761 g/mol. The molecule has 0 aliphatic rings. The maximum atomic E-state index is 12.7. The van der Waals surface area contributed by atoms with Crippen molar-refractivity contribution >= 4 is 17.9 Å². The predicted molar refractivity (Wildman–Crippen MR) is 229 cm³/mol. The summed E-state index contributed by atoms with van der Waals surface area (Å²) in [6, 6.07) is 0. The second kappa shape index (κ2) is 43.6. The van der Waals surface area contributed by atoms with Crippen molar-refractivity contribution in [2.24, 2.45) is 0 Å². The first-order chi connectivity index (χ1) is 26.5. The zero-order valence-electron chi connectivity index (χ0n) is 36.0. The average molecular weight is 761 g/mol. The molecule has 54 heavy (non-hydrogen) atoms. The van der Waals surface area contributed by atoms with E-state index in [0.29, 0.717) is 19.3 Å². The first-order valence-electron chi connectivity index (χ1n) is 23.3. The van der Waals surface area contributed by atoms with Crippen LogP contribution in [0.4, 0.5) is 0 Å². The minimum Gasteiger partial charge on any atom is -0.462 e. The van der Waals surface area contributed by atoms with Crippen LogP contribution >= 0.6 is 0 Å². The van der Waals surface area contributed by atoms with Crippen molar-refractivity contribution in [3.8, 4) is 0 Å². The third-order valence-corrected chi connectivity index (χ3v) is 10.2. The van der Waals surface area contributed by atoms with Gasteiger partial charge in [-0.15, -0.1) is 0 Å². The van der Waals surface area contributed by atoms with E-state index < -0.39 is 6.10 Å². The van der Waals surface area contributed by atoms with Crippen molar-refractivity contribution in [3.05, 3.63) is 24.3 Å². The van der Waals surface area contributed by atoms with E-state index in [-0.39, 0.29) is 31.1 Å². The minimum absolute atomic E-state index is 0.0743. The minimum atomic E-state index is -0.772. The molecule has 0 saturated heterocycles. The molecule has 0 saturated carbocycles. The summed E-state index contributed by atoms with van der Waals surface area (Å²) in [7, 11) is 0. The lowest BCUT2D eigenvalue weighted by Crippen LogP contribution is -2.30. The van der Waals surface area contributed by atoms with Crippen molar-refractivity contribution in [2.75, 3.05) is 13.2 Å². The van der Waals surface area contributed by atoms with E-state index in [1.54, 1.807) is 0 Å². The van der Waals surface area contributed by atoms with Crippen LogP contribution in [0.1, 0.15) is 245 Å². The first-order valence-corrected chi connectivity index (χ1v) is 23.3. The van der Waals surface area contributed by atoms with Crippen molar-refractivity contribution in [2.45, 2.75) is 252 Å². The second-order valence-corrected chi connectivity index (χ2v) is 15.7. The quantitative estimate of drug-likeness (QED) is 0.0267. The Morgan fingerprint density at radius 2 is 0.630 bits per heavy atom. The molecule has 0 radical (unpaired) electrons. The lowest BCUT2D eigenvalue weighted by atomic mass is 10.0. The third-order valence-electron chi connectivity index (χ3n) is 10.2. The van der Waals surface area contributed by atoms with Crippen molar-refractivity contribution in [3.63, 3.8) is 0 Å². The van der Waals surface area contributed by atoms with E-state index in [1.165, 1.54) is 135 Å². The molecule has 0 heterocycles. The zero-order chi connectivity index (χ0) is 39.4. The molecule has 1 unspecified atom stereocenters. The molecular formula is C48H88O6. The Balaban J connectivity index is 4.37. The molecule has 0 aliphatic carbocycles. The number of unbranched alkanes of at least 4 members (excludes halogenated alkanes) is 27. The van der Waals surface area contributed by atoms with Crippen molar-refractivity contribution in [1.29, 1.82) is 0 Å². The number of esters is 3.